The van der Waals surface area contributed by atoms with Crippen molar-refractivity contribution in [2.45, 2.75) is 57.7 Å². The second kappa shape index (κ2) is 11.6. The van der Waals surface area contributed by atoms with Crippen molar-refractivity contribution in [2.24, 2.45) is 29.6 Å². The minimum Gasteiger partial charge on any atom is -0.494 e. The van der Waals surface area contributed by atoms with E-state index in [4.69, 9.17) is 20.0 Å². The van der Waals surface area contributed by atoms with E-state index in [0.29, 0.717) is 60.3 Å². The van der Waals surface area contributed by atoms with E-state index in [0.717, 1.165) is 71.9 Å². The molecule has 12 nitrogen and oxygen atoms in total. The predicted molar refractivity (Wildman–Crippen MR) is 188 cm³/mol. The van der Waals surface area contributed by atoms with Crippen LogP contribution in [0.2, 0.25) is 0 Å². The van der Waals surface area contributed by atoms with Crippen LogP contribution in [0.1, 0.15) is 65.1 Å². The van der Waals surface area contributed by atoms with E-state index in [2.05, 4.69) is 36.1 Å². The Hall–Kier alpha value is -5.31. The van der Waals surface area contributed by atoms with Crippen LogP contribution in [0.4, 0.5) is 0 Å². The third-order valence-corrected chi connectivity index (χ3v) is 12.4. The Morgan fingerprint density at radius 2 is 1.71 bits per heavy atom. The maximum Gasteiger partial charge on any atom is 0.256 e. The highest BCUT2D eigenvalue weighted by Crippen LogP contribution is 2.60. The SMILES string of the molecule is COc1cc(C(=O)N2CC3CC4CC2[C@H]43)cc2nc(-c3cc4cccnc4n3CC3CC3)n(CC3CCN(C(=O)c4cnc(C#N)nc4)CC3)c12. The lowest BCUT2D eigenvalue weighted by molar-refractivity contribution is -0.0204. The Balaban J connectivity index is 1.01. The van der Waals surface area contributed by atoms with Gasteiger partial charge in [-0.1, -0.05) is 0 Å². The number of imidazole rings is 1. The summed E-state index contributed by atoms with van der Waals surface area (Å²) in [4.78, 5) is 49.4. The van der Waals surface area contributed by atoms with Crippen molar-refractivity contribution in [1.82, 2.24) is 38.9 Å². The molecule has 51 heavy (non-hydrogen) atoms. The van der Waals surface area contributed by atoms with Gasteiger partial charge in [-0.25, -0.2) is 19.9 Å². The molecule has 5 aromatic rings. The summed E-state index contributed by atoms with van der Waals surface area (Å²) >= 11 is 0. The van der Waals surface area contributed by atoms with Crippen molar-refractivity contribution in [2.75, 3.05) is 26.7 Å². The van der Waals surface area contributed by atoms with E-state index in [1.54, 1.807) is 7.11 Å². The second-order valence-electron chi connectivity index (χ2n) is 15.3. The maximum absolute atomic E-state index is 14.1. The molecule has 2 aliphatic heterocycles. The number of nitrogens with zero attached hydrogens (tertiary/aromatic N) is 9. The molecule has 12 heteroatoms. The number of pyridine rings is 1. The monoisotopic (exact) mass is 681 g/mol. The number of amides is 2. The molecule has 4 atom stereocenters. The van der Waals surface area contributed by atoms with Gasteiger partial charge in [0, 0.05) is 68.3 Å². The summed E-state index contributed by atoms with van der Waals surface area (Å²) in [5.74, 6) is 4.60. The van der Waals surface area contributed by atoms with Crippen LogP contribution in [0.25, 0.3) is 33.6 Å². The number of rotatable bonds is 8. The van der Waals surface area contributed by atoms with Crippen molar-refractivity contribution in [3.8, 4) is 23.3 Å². The number of fused-ring (bicyclic) bond motifs is 2. The maximum atomic E-state index is 14.1. The zero-order valence-corrected chi connectivity index (χ0v) is 28.6. The Morgan fingerprint density at radius 3 is 2.43 bits per heavy atom. The van der Waals surface area contributed by atoms with Gasteiger partial charge in [-0.3, -0.25) is 9.59 Å². The van der Waals surface area contributed by atoms with Gasteiger partial charge in [0.05, 0.1) is 23.9 Å². The molecule has 2 saturated heterocycles. The molecule has 3 saturated carbocycles. The van der Waals surface area contributed by atoms with E-state index in [1.807, 2.05) is 35.4 Å². The number of nitriles is 1. The van der Waals surface area contributed by atoms with Crippen molar-refractivity contribution < 1.29 is 14.3 Å². The first kappa shape index (κ1) is 30.5. The van der Waals surface area contributed by atoms with Crippen LogP contribution in [0, 0.1) is 40.9 Å². The minimum atomic E-state index is -0.119. The third-order valence-electron chi connectivity index (χ3n) is 12.4. The fourth-order valence-electron chi connectivity index (χ4n) is 9.52. The van der Waals surface area contributed by atoms with Gasteiger partial charge < -0.3 is 23.7 Å². The number of benzene rings is 1. The van der Waals surface area contributed by atoms with E-state index in [9.17, 15) is 9.59 Å². The van der Waals surface area contributed by atoms with Crippen LogP contribution in [0.5, 0.6) is 5.75 Å². The largest absolute Gasteiger partial charge is 0.494 e. The Kier molecular flexibility index (Phi) is 6.95. The first-order valence-corrected chi connectivity index (χ1v) is 18.3. The number of aromatic nitrogens is 6. The lowest BCUT2D eigenvalue weighted by Crippen LogP contribution is -2.53. The first-order chi connectivity index (χ1) is 25.0. The number of carbonyl (C=O) groups is 2. The van der Waals surface area contributed by atoms with Gasteiger partial charge in [-0.05, 0) is 98.4 Å². The molecular formula is C39H39N9O3. The number of methoxy groups -OCH3 is 1. The fourth-order valence-corrected chi connectivity index (χ4v) is 9.52. The molecule has 4 aromatic heterocycles. The Morgan fingerprint density at radius 1 is 0.922 bits per heavy atom. The van der Waals surface area contributed by atoms with Gasteiger partial charge in [0.2, 0.25) is 5.82 Å². The van der Waals surface area contributed by atoms with Crippen LogP contribution < -0.4 is 4.74 Å². The number of hydrogen-bond donors (Lipinski definition) is 0. The predicted octanol–water partition coefficient (Wildman–Crippen LogP) is 5.17. The van der Waals surface area contributed by atoms with Crippen LogP contribution >= 0.6 is 0 Å². The van der Waals surface area contributed by atoms with Crippen LogP contribution in [-0.2, 0) is 13.1 Å². The average molecular weight is 682 g/mol. The molecule has 0 bridgehead atoms. The quantitative estimate of drug-likeness (QED) is 0.219. The van der Waals surface area contributed by atoms with Gasteiger partial charge in [0.25, 0.3) is 11.8 Å². The zero-order valence-electron chi connectivity index (χ0n) is 28.6. The molecule has 6 heterocycles. The first-order valence-electron chi connectivity index (χ1n) is 18.3. The summed E-state index contributed by atoms with van der Waals surface area (Å²) in [5, 5.41) is 10.1. The molecular weight excluding hydrogens is 642 g/mol. The smallest absolute Gasteiger partial charge is 0.256 e. The highest BCUT2D eigenvalue weighted by atomic mass is 16.5. The number of hydrogen-bond acceptors (Lipinski definition) is 8. The number of ether oxygens (including phenoxy) is 1. The molecule has 5 fully saturated rings. The highest BCUT2D eigenvalue weighted by molar-refractivity contribution is 6.00. The van der Waals surface area contributed by atoms with Gasteiger partial charge in [-0.2, -0.15) is 5.26 Å². The summed E-state index contributed by atoms with van der Waals surface area (Å²) in [7, 11) is 1.68. The molecule has 3 unspecified atom stereocenters. The van der Waals surface area contributed by atoms with Gasteiger partial charge in [0.15, 0.2) is 5.82 Å². The van der Waals surface area contributed by atoms with E-state index in [1.165, 1.54) is 31.7 Å². The Labute approximate surface area is 295 Å². The average Bonchev–Trinajstić information content (AvgIpc) is 3.81. The number of piperidine rings is 1. The molecule has 1 aromatic carbocycles. The van der Waals surface area contributed by atoms with Crippen molar-refractivity contribution in [1.29, 1.82) is 5.26 Å². The summed E-state index contributed by atoms with van der Waals surface area (Å²) in [6.45, 7) is 3.65. The van der Waals surface area contributed by atoms with E-state index >= 15 is 0 Å². The van der Waals surface area contributed by atoms with Gasteiger partial charge >= 0.3 is 0 Å². The fraction of sp³-hybridized carbons (Fsp3) is 0.462. The Bertz CT molecular complexity index is 2260. The van der Waals surface area contributed by atoms with Crippen LogP contribution in [0.3, 0.4) is 0 Å². The molecule has 0 N–H and O–H groups in total. The topological polar surface area (TPSA) is 135 Å². The van der Waals surface area contributed by atoms with Crippen molar-refractivity contribution >= 4 is 33.9 Å². The molecule has 0 spiro atoms. The molecule has 0 radical (unpaired) electrons. The number of likely N-dealkylation sites (tertiary alicyclic amines) is 2. The summed E-state index contributed by atoms with van der Waals surface area (Å²) in [6, 6.07) is 12.5. The summed E-state index contributed by atoms with van der Waals surface area (Å²) in [5.41, 5.74) is 4.65. The zero-order chi connectivity index (χ0) is 34.4. The van der Waals surface area contributed by atoms with Crippen molar-refractivity contribution in [3.05, 3.63) is 65.9 Å². The standard InChI is InChI=1S/C39H39N9O3/c1-51-32-15-26(39(50)47-21-27-11-25-14-30(47)34(25)27)12-29-35(32)48(20-23-6-9-45(10-7-23)38(49)28-17-42-33(16-40)43-18-28)37(44-29)31-13-24-3-2-8-41-36(24)46(31)19-22-4-5-22/h2-3,8,12-13,15,17-18,22-23,25,27,30,34H,4-7,9-11,14,19-21H2,1H3/t25?,27?,30?,34-/m1/s1. The third kappa shape index (κ3) is 4.92. The molecule has 10 rings (SSSR count). The highest BCUT2D eigenvalue weighted by Gasteiger charge is 2.61. The lowest BCUT2D eigenvalue weighted by Gasteiger charge is -2.52. The summed E-state index contributed by atoms with van der Waals surface area (Å²) in [6.07, 6.45) is 11.2. The van der Waals surface area contributed by atoms with Crippen molar-refractivity contribution in [3.63, 3.8) is 0 Å². The lowest BCUT2D eigenvalue weighted by atomic mass is 9.53. The molecule has 5 aliphatic rings. The van der Waals surface area contributed by atoms with Crippen LogP contribution in [0.15, 0.2) is 48.9 Å². The molecule has 2 amide bonds. The second-order valence-corrected chi connectivity index (χ2v) is 15.3. The molecule has 3 aliphatic carbocycles. The molecule has 258 valence electrons. The van der Waals surface area contributed by atoms with Crippen LogP contribution in [-0.4, -0.2) is 83.5 Å². The van der Waals surface area contributed by atoms with E-state index in [-0.39, 0.29) is 23.6 Å². The minimum absolute atomic E-state index is 0.0481. The number of carbonyl (C=O) groups excluding carboxylic acids is 2. The van der Waals surface area contributed by atoms with Gasteiger partial charge in [0.1, 0.15) is 23.0 Å². The van der Waals surface area contributed by atoms with E-state index < -0.39 is 0 Å². The van der Waals surface area contributed by atoms with Gasteiger partial charge in [-0.15, -0.1) is 0 Å². The summed E-state index contributed by atoms with van der Waals surface area (Å²) < 4.78 is 10.7. The normalized spacial score (nSPS) is 23.9.